The summed E-state index contributed by atoms with van der Waals surface area (Å²) >= 11 is 0. The molecule has 3 rings (SSSR count). The fourth-order valence-electron chi connectivity index (χ4n) is 1.91. The highest BCUT2D eigenvalue weighted by atomic mass is 16.6. The Bertz CT molecular complexity index is 689. The molecule has 0 aromatic carbocycles. The highest BCUT2D eigenvalue weighted by molar-refractivity contribution is 5.99. The van der Waals surface area contributed by atoms with Gasteiger partial charge >= 0.3 is 0 Å². The second-order valence-electron chi connectivity index (χ2n) is 5.17. The molecule has 2 heterocycles. The maximum absolute atomic E-state index is 5.21. The average molecular weight is 294 g/mol. The first kappa shape index (κ1) is 14.3. The van der Waals surface area contributed by atoms with Gasteiger partial charge in [-0.1, -0.05) is 11.1 Å². The highest BCUT2D eigenvalue weighted by Crippen LogP contribution is 2.27. The van der Waals surface area contributed by atoms with E-state index in [9.17, 15) is 0 Å². The number of imidazole rings is 1. The molecular weight excluding hydrogens is 276 g/mol. The second-order valence-corrected chi connectivity index (χ2v) is 5.17. The zero-order valence-corrected chi connectivity index (χ0v) is 12.6. The Labute approximate surface area is 130 Å². The van der Waals surface area contributed by atoms with Gasteiger partial charge in [0.15, 0.2) is 0 Å². The average Bonchev–Trinajstić information content (AvgIpc) is 3.25. The first-order valence-corrected chi connectivity index (χ1v) is 7.47. The van der Waals surface area contributed by atoms with Crippen molar-refractivity contribution in [3.63, 3.8) is 0 Å². The minimum atomic E-state index is 0.534. The summed E-state index contributed by atoms with van der Waals surface area (Å²) in [5.74, 6) is 6.91. The van der Waals surface area contributed by atoms with E-state index in [-0.39, 0.29) is 0 Å². The van der Waals surface area contributed by atoms with Gasteiger partial charge in [0, 0.05) is 30.1 Å². The van der Waals surface area contributed by atoms with Gasteiger partial charge in [0.1, 0.15) is 18.0 Å². The minimum Gasteiger partial charge on any atom is -0.396 e. The molecule has 5 nitrogen and oxygen atoms in total. The normalized spacial score (nSPS) is 14.3. The lowest BCUT2D eigenvalue weighted by molar-refractivity contribution is 0.158. The van der Waals surface area contributed by atoms with Gasteiger partial charge in [0.2, 0.25) is 0 Å². The number of hydrogen-bond donors (Lipinski definition) is 0. The molecule has 0 saturated heterocycles. The van der Waals surface area contributed by atoms with Gasteiger partial charge in [-0.05, 0) is 37.8 Å². The van der Waals surface area contributed by atoms with E-state index in [1.807, 2.05) is 29.8 Å². The van der Waals surface area contributed by atoms with E-state index >= 15 is 0 Å². The van der Waals surface area contributed by atoms with Gasteiger partial charge in [-0.2, -0.15) is 0 Å². The molecule has 2 aromatic heterocycles. The molecule has 0 aliphatic heterocycles. The second kappa shape index (κ2) is 6.90. The van der Waals surface area contributed by atoms with Crippen LogP contribution in [-0.4, -0.2) is 26.9 Å². The van der Waals surface area contributed by atoms with Gasteiger partial charge in [0.25, 0.3) is 0 Å². The zero-order valence-electron chi connectivity index (χ0n) is 12.6. The van der Waals surface area contributed by atoms with Crippen LogP contribution in [0, 0.1) is 17.8 Å². The molecule has 0 bridgehead atoms. The lowest BCUT2D eigenvalue weighted by Gasteiger charge is -2.07. The Morgan fingerprint density at radius 3 is 3.00 bits per heavy atom. The van der Waals surface area contributed by atoms with Crippen LogP contribution in [0.25, 0.3) is 0 Å². The molecule has 0 radical (unpaired) electrons. The molecule has 1 aliphatic rings. The van der Waals surface area contributed by atoms with Crippen molar-refractivity contribution in [2.45, 2.75) is 26.3 Å². The van der Waals surface area contributed by atoms with Crippen molar-refractivity contribution >= 4 is 5.71 Å². The molecular formula is C17H18N4O. The Morgan fingerprint density at radius 1 is 1.45 bits per heavy atom. The maximum atomic E-state index is 5.21. The topological polar surface area (TPSA) is 52.3 Å². The Hall–Kier alpha value is -2.61. The van der Waals surface area contributed by atoms with Gasteiger partial charge in [-0.15, -0.1) is 0 Å². The summed E-state index contributed by atoms with van der Waals surface area (Å²) in [6.07, 6.45) is 9.63. The highest BCUT2D eigenvalue weighted by Gasteiger charge is 2.17. The number of nitrogens with zero attached hydrogens (tertiary/aromatic N) is 4. The van der Waals surface area contributed by atoms with Crippen LogP contribution in [0.15, 0.2) is 42.2 Å². The molecule has 0 spiro atoms. The maximum Gasteiger partial charge on any atom is 0.114 e. The van der Waals surface area contributed by atoms with Crippen molar-refractivity contribution in [1.29, 1.82) is 0 Å². The van der Waals surface area contributed by atoms with Crippen LogP contribution < -0.4 is 0 Å². The summed E-state index contributed by atoms with van der Waals surface area (Å²) in [6.45, 7) is 3.04. The summed E-state index contributed by atoms with van der Waals surface area (Å²) in [5, 5.41) is 4.19. The van der Waals surface area contributed by atoms with Crippen molar-refractivity contribution in [1.82, 2.24) is 14.5 Å². The Morgan fingerprint density at radius 2 is 2.36 bits per heavy atom. The largest absolute Gasteiger partial charge is 0.396 e. The molecule has 1 aliphatic carbocycles. The quantitative estimate of drug-likeness (QED) is 0.483. The van der Waals surface area contributed by atoms with E-state index in [0.717, 1.165) is 17.0 Å². The van der Waals surface area contributed by atoms with Crippen LogP contribution >= 0.6 is 0 Å². The number of hydrogen-bond acceptors (Lipinski definition) is 4. The van der Waals surface area contributed by atoms with E-state index < -0.39 is 0 Å². The van der Waals surface area contributed by atoms with E-state index in [4.69, 9.17) is 4.84 Å². The summed E-state index contributed by atoms with van der Waals surface area (Å²) in [6, 6.07) is 3.92. The third-order valence-corrected chi connectivity index (χ3v) is 3.27. The van der Waals surface area contributed by atoms with E-state index in [1.165, 1.54) is 12.8 Å². The fraction of sp³-hybridized carbons (Fsp3) is 0.353. The molecule has 0 atom stereocenters. The fourth-order valence-corrected chi connectivity index (χ4v) is 1.91. The van der Waals surface area contributed by atoms with Crippen molar-refractivity contribution in [2.24, 2.45) is 11.1 Å². The monoisotopic (exact) mass is 294 g/mol. The zero-order chi connectivity index (χ0) is 15.2. The SMILES string of the molecule is CCON=C(Cn1ccnc1)c1ccc(C#CC2CC2)nc1. The van der Waals surface area contributed by atoms with Gasteiger partial charge < -0.3 is 9.40 Å². The van der Waals surface area contributed by atoms with Crippen molar-refractivity contribution in [2.75, 3.05) is 6.61 Å². The van der Waals surface area contributed by atoms with Crippen LogP contribution in [0.4, 0.5) is 0 Å². The van der Waals surface area contributed by atoms with E-state index in [0.29, 0.717) is 19.1 Å². The third-order valence-electron chi connectivity index (χ3n) is 3.27. The molecule has 2 aromatic rings. The summed E-state index contributed by atoms with van der Waals surface area (Å²) < 4.78 is 1.94. The summed E-state index contributed by atoms with van der Waals surface area (Å²) in [4.78, 5) is 13.7. The van der Waals surface area contributed by atoms with Crippen LogP contribution in [-0.2, 0) is 11.4 Å². The standard InChI is InChI=1S/C17H18N4O/c1-2-22-20-17(12-21-10-9-18-13-21)15-6-8-16(19-11-15)7-5-14-3-4-14/h6,8-11,13-14H,2-4,12H2,1H3. The lowest BCUT2D eigenvalue weighted by Crippen LogP contribution is -2.11. The minimum absolute atomic E-state index is 0.534. The number of aromatic nitrogens is 3. The first-order chi connectivity index (χ1) is 10.8. The molecule has 112 valence electrons. The molecule has 0 amide bonds. The molecule has 0 N–H and O–H groups in total. The number of rotatable bonds is 5. The van der Waals surface area contributed by atoms with Crippen LogP contribution in [0.1, 0.15) is 31.0 Å². The Balaban J connectivity index is 1.76. The van der Waals surface area contributed by atoms with Crippen LogP contribution in [0.3, 0.4) is 0 Å². The van der Waals surface area contributed by atoms with Gasteiger partial charge in [-0.3, -0.25) is 0 Å². The third kappa shape index (κ3) is 3.95. The smallest absolute Gasteiger partial charge is 0.114 e. The lowest BCUT2D eigenvalue weighted by atomic mass is 10.1. The van der Waals surface area contributed by atoms with Crippen molar-refractivity contribution in [3.05, 3.63) is 48.3 Å². The van der Waals surface area contributed by atoms with Gasteiger partial charge in [-0.25, -0.2) is 9.97 Å². The van der Waals surface area contributed by atoms with E-state index in [2.05, 4.69) is 27.0 Å². The Kier molecular flexibility index (Phi) is 4.50. The van der Waals surface area contributed by atoms with Crippen LogP contribution in [0.2, 0.25) is 0 Å². The van der Waals surface area contributed by atoms with E-state index in [1.54, 1.807) is 18.7 Å². The number of oxime groups is 1. The number of pyridine rings is 1. The predicted molar refractivity (Wildman–Crippen MR) is 84.2 cm³/mol. The first-order valence-electron chi connectivity index (χ1n) is 7.47. The predicted octanol–water partition coefficient (Wildman–Crippen LogP) is 2.48. The van der Waals surface area contributed by atoms with Crippen molar-refractivity contribution < 1.29 is 4.84 Å². The molecule has 1 fully saturated rings. The molecule has 22 heavy (non-hydrogen) atoms. The summed E-state index contributed by atoms with van der Waals surface area (Å²) in [5.41, 5.74) is 2.54. The molecule has 0 unspecified atom stereocenters. The molecule has 5 heteroatoms. The van der Waals surface area contributed by atoms with Crippen molar-refractivity contribution in [3.8, 4) is 11.8 Å². The summed E-state index contributed by atoms with van der Waals surface area (Å²) in [7, 11) is 0. The molecule has 1 saturated carbocycles. The van der Waals surface area contributed by atoms with Gasteiger partial charge in [0.05, 0.1) is 12.9 Å². The van der Waals surface area contributed by atoms with Crippen LogP contribution in [0.5, 0.6) is 0 Å².